The van der Waals surface area contributed by atoms with Crippen LogP contribution >= 0.6 is 7.60 Å². The summed E-state index contributed by atoms with van der Waals surface area (Å²) in [4.78, 5) is 0. The van der Waals surface area contributed by atoms with Crippen LogP contribution in [0.15, 0.2) is 48.5 Å². The molecule has 0 saturated carbocycles. The van der Waals surface area contributed by atoms with Crippen molar-refractivity contribution in [3.63, 3.8) is 0 Å². The second kappa shape index (κ2) is 7.00. The molecule has 23 heavy (non-hydrogen) atoms. The van der Waals surface area contributed by atoms with Gasteiger partial charge in [0.25, 0.3) is 0 Å². The highest BCUT2D eigenvalue weighted by atomic mass is 31.2. The summed E-state index contributed by atoms with van der Waals surface area (Å²) in [5.41, 5.74) is 4.72. The summed E-state index contributed by atoms with van der Waals surface area (Å²) < 4.78 is 22.1. The van der Waals surface area contributed by atoms with Crippen LogP contribution in [-0.4, -0.2) is 14.2 Å². The first-order chi connectivity index (χ1) is 10.8. The molecule has 0 bridgehead atoms. The molecule has 0 unspecified atom stereocenters. The maximum absolute atomic E-state index is 12.2. The Labute approximate surface area is 139 Å². The first-order valence-electron chi connectivity index (χ1n) is 7.68. The van der Waals surface area contributed by atoms with Crippen LogP contribution in [0.1, 0.15) is 31.9 Å². The molecule has 0 saturated heterocycles. The van der Waals surface area contributed by atoms with E-state index in [0.717, 1.165) is 11.1 Å². The molecule has 0 aliphatic rings. The Morgan fingerprint density at radius 2 is 1.26 bits per heavy atom. The van der Waals surface area contributed by atoms with Crippen LogP contribution in [-0.2, 0) is 25.2 Å². The monoisotopic (exact) mass is 332 g/mol. The summed E-state index contributed by atoms with van der Waals surface area (Å²) >= 11 is 0. The molecule has 0 atom stereocenters. The van der Waals surface area contributed by atoms with Gasteiger partial charge in [0.1, 0.15) is 0 Å². The Morgan fingerprint density at radius 1 is 0.826 bits per heavy atom. The Morgan fingerprint density at radius 3 is 1.65 bits per heavy atom. The van der Waals surface area contributed by atoms with E-state index in [1.54, 1.807) is 0 Å². The molecule has 2 rings (SSSR count). The van der Waals surface area contributed by atoms with E-state index in [1.807, 2.05) is 24.3 Å². The Balaban J connectivity index is 2.18. The van der Waals surface area contributed by atoms with Gasteiger partial charge < -0.3 is 9.05 Å². The van der Waals surface area contributed by atoms with Gasteiger partial charge in [-0.15, -0.1) is 0 Å². The minimum atomic E-state index is -3.02. The SMILES string of the molecule is COP(=O)(Cc1ccc(-c2ccc(C(C)(C)C)cc2)cc1)OC. The van der Waals surface area contributed by atoms with Crippen molar-refractivity contribution < 1.29 is 13.6 Å². The van der Waals surface area contributed by atoms with Crippen LogP contribution in [0.25, 0.3) is 11.1 Å². The van der Waals surface area contributed by atoms with Crippen molar-refractivity contribution in [3.8, 4) is 11.1 Å². The van der Waals surface area contributed by atoms with Crippen LogP contribution in [0, 0.1) is 0 Å². The predicted octanol–water partition coefficient (Wildman–Crippen LogP) is 5.64. The molecule has 0 heterocycles. The van der Waals surface area contributed by atoms with Crippen molar-refractivity contribution in [1.82, 2.24) is 0 Å². The fourth-order valence-corrected chi connectivity index (χ4v) is 3.46. The van der Waals surface area contributed by atoms with E-state index < -0.39 is 7.60 Å². The molecule has 3 nitrogen and oxygen atoms in total. The van der Waals surface area contributed by atoms with Gasteiger partial charge in [-0.05, 0) is 27.7 Å². The van der Waals surface area contributed by atoms with Crippen LogP contribution in [0.3, 0.4) is 0 Å². The average Bonchev–Trinajstić information content (AvgIpc) is 2.55. The first-order valence-corrected chi connectivity index (χ1v) is 9.40. The Bertz CT molecular complexity index is 674. The van der Waals surface area contributed by atoms with E-state index in [9.17, 15) is 4.57 Å². The molecule has 4 heteroatoms. The minimum absolute atomic E-state index is 0.157. The highest BCUT2D eigenvalue weighted by Crippen LogP contribution is 2.49. The zero-order valence-electron chi connectivity index (χ0n) is 14.5. The van der Waals surface area contributed by atoms with Crippen LogP contribution in [0.5, 0.6) is 0 Å². The van der Waals surface area contributed by atoms with Gasteiger partial charge in [-0.3, -0.25) is 4.57 Å². The number of rotatable bonds is 5. The van der Waals surface area contributed by atoms with E-state index in [0.29, 0.717) is 0 Å². The molecule has 0 aromatic heterocycles. The second-order valence-electron chi connectivity index (χ2n) is 6.66. The fourth-order valence-electron chi connectivity index (χ4n) is 2.39. The van der Waals surface area contributed by atoms with Crippen molar-refractivity contribution in [2.24, 2.45) is 0 Å². The van der Waals surface area contributed by atoms with Crippen molar-refractivity contribution >= 4 is 7.60 Å². The van der Waals surface area contributed by atoms with Gasteiger partial charge in [-0.25, -0.2) is 0 Å². The van der Waals surface area contributed by atoms with E-state index >= 15 is 0 Å². The summed E-state index contributed by atoms with van der Waals surface area (Å²) in [6, 6.07) is 16.7. The van der Waals surface area contributed by atoms with Crippen LogP contribution in [0.4, 0.5) is 0 Å². The van der Waals surface area contributed by atoms with Crippen molar-refractivity contribution in [1.29, 1.82) is 0 Å². The molecule has 0 radical (unpaired) electrons. The Hall–Kier alpha value is -1.41. The summed E-state index contributed by atoms with van der Waals surface area (Å²) in [7, 11) is -0.191. The van der Waals surface area contributed by atoms with Gasteiger partial charge in [0.05, 0.1) is 6.16 Å². The summed E-state index contributed by atoms with van der Waals surface area (Å²) in [6.45, 7) is 6.63. The van der Waals surface area contributed by atoms with Crippen molar-refractivity contribution in [2.75, 3.05) is 14.2 Å². The largest absolute Gasteiger partial charge is 0.334 e. The molecule has 0 spiro atoms. The van der Waals surface area contributed by atoms with Gasteiger partial charge in [-0.2, -0.15) is 0 Å². The standard InChI is InChI=1S/C19H25O3P/c1-19(2,3)18-12-10-17(11-13-18)16-8-6-15(7-9-16)14-23(20,21-4)22-5/h6-13H,14H2,1-5H3. The molecule has 2 aromatic rings. The third kappa shape index (κ3) is 4.54. The lowest BCUT2D eigenvalue weighted by atomic mass is 9.86. The fraction of sp³-hybridized carbons (Fsp3) is 0.368. The lowest BCUT2D eigenvalue weighted by molar-refractivity contribution is 0.275. The molecule has 0 N–H and O–H groups in total. The number of benzene rings is 2. The van der Waals surface area contributed by atoms with Gasteiger partial charge in [0, 0.05) is 14.2 Å². The molecule has 0 amide bonds. The predicted molar refractivity (Wildman–Crippen MR) is 95.9 cm³/mol. The molecule has 124 valence electrons. The van der Waals surface area contributed by atoms with Gasteiger partial charge in [-0.1, -0.05) is 69.3 Å². The zero-order valence-corrected chi connectivity index (χ0v) is 15.4. The maximum Gasteiger partial charge on any atom is 0.334 e. The molecule has 0 aliphatic heterocycles. The third-order valence-electron chi connectivity index (χ3n) is 3.97. The van der Waals surface area contributed by atoms with Gasteiger partial charge in [0.2, 0.25) is 0 Å². The van der Waals surface area contributed by atoms with E-state index in [2.05, 4.69) is 45.0 Å². The van der Waals surface area contributed by atoms with Crippen molar-refractivity contribution in [2.45, 2.75) is 32.3 Å². The highest BCUT2D eigenvalue weighted by Gasteiger charge is 2.21. The topological polar surface area (TPSA) is 35.5 Å². The molecular formula is C19H25O3P. The normalized spacial score (nSPS) is 12.4. The summed E-state index contributed by atoms with van der Waals surface area (Å²) in [5.74, 6) is 0. The Kier molecular flexibility index (Phi) is 5.46. The second-order valence-corrected chi connectivity index (χ2v) is 8.93. The van der Waals surface area contributed by atoms with Crippen LogP contribution in [0.2, 0.25) is 0 Å². The molecule has 0 aliphatic carbocycles. The first kappa shape index (κ1) is 17.9. The van der Waals surface area contributed by atoms with E-state index in [1.165, 1.54) is 25.3 Å². The lowest BCUT2D eigenvalue weighted by Gasteiger charge is -2.19. The van der Waals surface area contributed by atoms with E-state index in [4.69, 9.17) is 9.05 Å². The average molecular weight is 332 g/mol. The number of hydrogen-bond acceptors (Lipinski definition) is 3. The number of hydrogen-bond donors (Lipinski definition) is 0. The van der Waals surface area contributed by atoms with Crippen molar-refractivity contribution in [3.05, 3.63) is 59.7 Å². The zero-order chi connectivity index (χ0) is 17.1. The third-order valence-corrected chi connectivity index (χ3v) is 5.84. The summed E-state index contributed by atoms with van der Waals surface area (Å²) in [5, 5.41) is 0. The quantitative estimate of drug-likeness (QED) is 0.665. The minimum Gasteiger partial charge on any atom is -0.312 e. The van der Waals surface area contributed by atoms with E-state index in [-0.39, 0.29) is 11.6 Å². The molecule has 0 fully saturated rings. The highest BCUT2D eigenvalue weighted by molar-refractivity contribution is 7.52. The maximum atomic E-state index is 12.2. The summed E-state index contributed by atoms with van der Waals surface area (Å²) in [6.07, 6.45) is 0.281. The van der Waals surface area contributed by atoms with Gasteiger partial charge in [0.15, 0.2) is 0 Å². The smallest absolute Gasteiger partial charge is 0.312 e. The van der Waals surface area contributed by atoms with Crippen LogP contribution < -0.4 is 0 Å². The lowest BCUT2D eigenvalue weighted by Crippen LogP contribution is -2.10. The molecular weight excluding hydrogens is 307 g/mol. The van der Waals surface area contributed by atoms with Gasteiger partial charge >= 0.3 is 7.60 Å². The molecule has 2 aromatic carbocycles.